The average molecular weight is 351 g/mol. The first-order valence-electron chi connectivity index (χ1n) is 8.56. The molecule has 0 atom stereocenters. The van der Waals surface area contributed by atoms with Crippen molar-refractivity contribution in [1.29, 1.82) is 0 Å². The van der Waals surface area contributed by atoms with Gasteiger partial charge < -0.3 is 10.1 Å². The third kappa shape index (κ3) is 3.59. The minimum atomic E-state index is -0.283. The van der Waals surface area contributed by atoms with Gasteiger partial charge in [0.25, 0.3) is 5.91 Å². The van der Waals surface area contributed by atoms with Crippen molar-refractivity contribution in [2.24, 2.45) is 0 Å². The zero-order valence-corrected chi connectivity index (χ0v) is 15.1. The molecule has 0 saturated heterocycles. The lowest BCUT2D eigenvalue weighted by molar-refractivity contribution is 0.102. The predicted octanol–water partition coefficient (Wildman–Crippen LogP) is 4.12. The van der Waals surface area contributed by atoms with Gasteiger partial charge in [0.1, 0.15) is 5.75 Å². The molecule has 0 aliphatic heterocycles. The molecule has 0 unspecified atom stereocenters. The van der Waals surface area contributed by atoms with Crippen LogP contribution in [-0.2, 0) is 12.8 Å². The number of aromatic nitrogens is 2. The number of carbonyl (C=O) groups excluding carboxylic acids is 1. The Morgan fingerprint density at radius 3 is 2.50 bits per heavy atom. The summed E-state index contributed by atoms with van der Waals surface area (Å²) >= 11 is 0. The van der Waals surface area contributed by atoms with Crippen molar-refractivity contribution in [3.05, 3.63) is 59.2 Å². The summed E-state index contributed by atoms with van der Waals surface area (Å²) in [6.45, 7) is 4.17. The van der Waals surface area contributed by atoms with Crippen LogP contribution in [0, 0.1) is 0 Å². The van der Waals surface area contributed by atoms with Crippen molar-refractivity contribution < 1.29 is 14.2 Å². The molecule has 1 heterocycles. The first-order valence-corrected chi connectivity index (χ1v) is 8.56. The molecule has 2 aromatic carbocycles. The molecule has 1 amide bonds. The van der Waals surface area contributed by atoms with E-state index in [1.54, 1.807) is 31.4 Å². The van der Waals surface area contributed by atoms with Crippen molar-refractivity contribution in [3.63, 3.8) is 0 Å². The summed E-state index contributed by atoms with van der Waals surface area (Å²) in [5.41, 5.74) is 4.28. The molecule has 0 radical (unpaired) electrons. The first kappa shape index (κ1) is 17.7. The summed E-state index contributed by atoms with van der Waals surface area (Å²) in [4.78, 5) is 12.5. The molecule has 0 spiro atoms. The number of nitrogens with zero attached hydrogens (tertiary/aromatic N) is 2. The largest absolute Gasteiger partial charge is 0.497 e. The van der Waals surface area contributed by atoms with Gasteiger partial charge in [-0.15, -0.1) is 0 Å². The van der Waals surface area contributed by atoms with Crippen LogP contribution in [0.5, 0.6) is 5.75 Å². The number of amides is 1. The standard InChI is InChI=1S/C20H21N3O3/c1-4-13-6-7-14(5-2)17(12-13)18-19(23-26-22-18)21-20(24)15-8-10-16(25-3)11-9-15/h6-12H,4-5H2,1-3H3,(H,21,23,24). The highest BCUT2D eigenvalue weighted by molar-refractivity contribution is 6.05. The van der Waals surface area contributed by atoms with E-state index in [9.17, 15) is 4.79 Å². The quantitative estimate of drug-likeness (QED) is 0.723. The number of carbonyl (C=O) groups is 1. The molecule has 134 valence electrons. The maximum absolute atomic E-state index is 12.5. The first-order chi connectivity index (χ1) is 12.7. The lowest BCUT2D eigenvalue weighted by atomic mass is 9.98. The fraction of sp³-hybridized carbons (Fsp3) is 0.250. The Morgan fingerprint density at radius 1 is 1.08 bits per heavy atom. The summed E-state index contributed by atoms with van der Waals surface area (Å²) in [5.74, 6) is 0.720. The molecular formula is C20H21N3O3. The van der Waals surface area contributed by atoms with Gasteiger partial charge in [0, 0.05) is 11.1 Å². The zero-order chi connectivity index (χ0) is 18.5. The van der Waals surface area contributed by atoms with E-state index in [-0.39, 0.29) is 5.91 Å². The molecule has 0 bridgehead atoms. The Kier molecular flexibility index (Phi) is 5.31. The fourth-order valence-corrected chi connectivity index (χ4v) is 2.74. The zero-order valence-electron chi connectivity index (χ0n) is 15.1. The van der Waals surface area contributed by atoms with Gasteiger partial charge in [-0.1, -0.05) is 26.0 Å². The van der Waals surface area contributed by atoms with Crippen LogP contribution in [0.25, 0.3) is 11.3 Å². The van der Waals surface area contributed by atoms with Crippen molar-refractivity contribution >= 4 is 11.7 Å². The van der Waals surface area contributed by atoms with E-state index >= 15 is 0 Å². The maximum atomic E-state index is 12.5. The summed E-state index contributed by atoms with van der Waals surface area (Å²) in [6.07, 6.45) is 1.76. The number of benzene rings is 2. The van der Waals surface area contributed by atoms with E-state index in [0.717, 1.165) is 24.0 Å². The average Bonchev–Trinajstić information content (AvgIpc) is 3.15. The van der Waals surface area contributed by atoms with Crippen LogP contribution in [0.4, 0.5) is 5.82 Å². The Hall–Kier alpha value is -3.15. The molecule has 0 aliphatic carbocycles. The third-order valence-corrected chi connectivity index (χ3v) is 4.29. The highest BCUT2D eigenvalue weighted by Crippen LogP contribution is 2.29. The van der Waals surface area contributed by atoms with E-state index in [1.807, 2.05) is 0 Å². The van der Waals surface area contributed by atoms with Gasteiger partial charge in [0.05, 0.1) is 7.11 Å². The smallest absolute Gasteiger partial charge is 0.256 e. The van der Waals surface area contributed by atoms with Gasteiger partial charge in [0.15, 0.2) is 5.69 Å². The van der Waals surface area contributed by atoms with Crippen LogP contribution in [0.15, 0.2) is 47.1 Å². The summed E-state index contributed by atoms with van der Waals surface area (Å²) in [7, 11) is 1.58. The molecule has 1 N–H and O–H groups in total. The molecule has 0 aliphatic rings. The Bertz CT molecular complexity index is 901. The molecule has 0 saturated carbocycles. The third-order valence-electron chi connectivity index (χ3n) is 4.29. The van der Waals surface area contributed by atoms with E-state index < -0.39 is 0 Å². The van der Waals surface area contributed by atoms with Crippen molar-refractivity contribution in [2.75, 3.05) is 12.4 Å². The second-order valence-electron chi connectivity index (χ2n) is 5.84. The SMILES string of the molecule is CCc1ccc(CC)c(-c2nonc2NC(=O)c2ccc(OC)cc2)c1. The van der Waals surface area contributed by atoms with Gasteiger partial charge in [-0.05, 0) is 64.6 Å². The number of hydrogen-bond acceptors (Lipinski definition) is 5. The van der Waals surface area contributed by atoms with Crippen LogP contribution < -0.4 is 10.1 Å². The molecule has 26 heavy (non-hydrogen) atoms. The topological polar surface area (TPSA) is 77.3 Å². The lowest BCUT2D eigenvalue weighted by Gasteiger charge is -2.09. The van der Waals surface area contributed by atoms with E-state index in [0.29, 0.717) is 22.8 Å². The van der Waals surface area contributed by atoms with Gasteiger partial charge in [-0.25, -0.2) is 4.63 Å². The minimum absolute atomic E-state index is 0.283. The summed E-state index contributed by atoms with van der Waals surface area (Å²) < 4.78 is 10.0. The van der Waals surface area contributed by atoms with Crippen molar-refractivity contribution in [1.82, 2.24) is 10.3 Å². The molecule has 3 rings (SSSR count). The van der Waals surface area contributed by atoms with Gasteiger partial charge >= 0.3 is 0 Å². The maximum Gasteiger partial charge on any atom is 0.256 e. The van der Waals surface area contributed by atoms with E-state index in [1.165, 1.54) is 5.56 Å². The molecule has 6 nitrogen and oxygen atoms in total. The Balaban J connectivity index is 1.90. The molecule has 6 heteroatoms. The highest BCUT2D eigenvalue weighted by Gasteiger charge is 2.18. The molecule has 3 aromatic rings. The normalized spacial score (nSPS) is 10.6. The van der Waals surface area contributed by atoms with E-state index in [4.69, 9.17) is 9.37 Å². The van der Waals surface area contributed by atoms with Crippen molar-refractivity contribution in [3.8, 4) is 17.0 Å². The summed E-state index contributed by atoms with van der Waals surface area (Å²) in [6, 6.07) is 13.1. The van der Waals surface area contributed by atoms with Crippen LogP contribution in [0.2, 0.25) is 0 Å². The fourth-order valence-electron chi connectivity index (χ4n) is 2.74. The second kappa shape index (κ2) is 7.82. The number of methoxy groups -OCH3 is 1. The Labute approximate surface area is 152 Å². The van der Waals surface area contributed by atoms with E-state index in [2.05, 4.69) is 47.7 Å². The monoisotopic (exact) mass is 351 g/mol. The second-order valence-corrected chi connectivity index (χ2v) is 5.84. The number of nitrogens with one attached hydrogen (secondary N) is 1. The number of ether oxygens (including phenoxy) is 1. The number of anilines is 1. The van der Waals surface area contributed by atoms with Gasteiger partial charge in [-0.3, -0.25) is 4.79 Å². The van der Waals surface area contributed by atoms with Crippen LogP contribution in [0.3, 0.4) is 0 Å². The molecule has 1 aromatic heterocycles. The predicted molar refractivity (Wildman–Crippen MR) is 99.4 cm³/mol. The molecule has 0 fully saturated rings. The number of hydrogen-bond donors (Lipinski definition) is 1. The number of rotatable bonds is 6. The van der Waals surface area contributed by atoms with Crippen LogP contribution >= 0.6 is 0 Å². The molecular weight excluding hydrogens is 330 g/mol. The number of aryl methyl sites for hydroxylation is 2. The van der Waals surface area contributed by atoms with Gasteiger partial charge in [0.2, 0.25) is 5.82 Å². The van der Waals surface area contributed by atoms with Crippen LogP contribution in [0.1, 0.15) is 35.3 Å². The highest BCUT2D eigenvalue weighted by atomic mass is 16.6. The summed E-state index contributed by atoms with van der Waals surface area (Å²) in [5, 5.41) is 10.7. The van der Waals surface area contributed by atoms with Gasteiger partial charge in [-0.2, -0.15) is 0 Å². The minimum Gasteiger partial charge on any atom is -0.497 e. The Morgan fingerprint density at radius 2 is 1.85 bits per heavy atom. The van der Waals surface area contributed by atoms with Crippen LogP contribution in [-0.4, -0.2) is 23.3 Å². The van der Waals surface area contributed by atoms with Crippen molar-refractivity contribution in [2.45, 2.75) is 26.7 Å². The lowest BCUT2D eigenvalue weighted by Crippen LogP contribution is -2.13.